The number of nitrogens with two attached hydrogens (primary N) is 2. The molecule has 0 aliphatic carbocycles. The first-order valence-electron chi connectivity index (χ1n) is 9.02. The molecule has 0 aromatic heterocycles. The maximum absolute atomic E-state index is 11.4. The molecule has 9 N–H and O–H groups in total. The first-order chi connectivity index (χ1) is 14.3. The number of hydrogen-bond acceptors (Lipinski definition) is 12. The van der Waals surface area contributed by atoms with Gasteiger partial charge < -0.3 is 40.3 Å². The van der Waals surface area contributed by atoms with Crippen LogP contribution in [0.1, 0.15) is 26.2 Å². The number of rotatable bonds is 11. The number of ether oxygens (including phenoxy) is 1. The lowest BCUT2D eigenvalue weighted by Crippen LogP contribution is -2.40. The summed E-state index contributed by atoms with van der Waals surface area (Å²) >= 11 is 0. The largest absolute Gasteiger partial charge is 0.487 e. The van der Waals surface area contributed by atoms with Crippen molar-refractivity contribution in [1.82, 2.24) is 0 Å². The van der Waals surface area contributed by atoms with Crippen LogP contribution in [0.4, 0.5) is 0 Å². The zero-order chi connectivity index (χ0) is 23.4. The summed E-state index contributed by atoms with van der Waals surface area (Å²) < 4.78 is 40.3. The van der Waals surface area contributed by atoms with Gasteiger partial charge >= 0.3 is 24.2 Å². The maximum Gasteiger partial charge on any atom is 0.487 e. The van der Waals surface area contributed by atoms with E-state index in [1.165, 1.54) is 0 Å². The Bertz CT molecular complexity index is 818. The Hall–Kier alpha value is -0.500. The number of hydrogen-bond donors (Lipinski definition) is 7. The van der Waals surface area contributed by atoms with Crippen LogP contribution < -0.4 is 11.5 Å². The third-order valence-electron chi connectivity index (χ3n) is 4.28. The van der Waals surface area contributed by atoms with Gasteiger partial charge in [-0.1, -0.05) is 0 Å². The summed E-state index contributed by atoms with van der Waals surface area (Å²) in [5.41, 5.74) is 13.1. The van der Waals surface area contributed by atoms with Crippen LogP contribution in [0.15, 0.2) is 9.98 Å². The lowest BCUT2D eigenvalue weighted by Gasteiger charge is -2.20. The second-order valence-corrected chi connectivity index (χ2v) is 10.8. The van der Waals surface area contributed by atoms with E-state index in [1.807, 2.05) is 0 Å². The highest BCUT2D eigenvalue weighted by molar-refractivity contribution is 7.65. The summed E-state index contributed by atoms with van der Waals surface area (Å²) in [6, 6.07) is -0.734. The first-order valence-corrected chi connectivity index (χ1v) is 13.2. The Morgan fingerprint density at radius 2 is 2.03 bits per heavy atom. The molecule has 1 saturated heterocycles. The molecule has 18 heteroatoms. The van der Waals surface area contributed by atoms with E-state index in [9.17, 15) is 14.0 Å². The molecule has 0 aromatic rings. The van der Waals surface area contributed by atoms with Crippen molar-refractivity contribution in [2.75, 3.05) is 13.3 Å². The van der Waals surface area contributed by atoms with Gasteiger partial charge in [-0.3, -0.25) is 15.4 Å². The summed E-state index contributed by atoms with van der Waals surface area (Å²) in [6.07, 6.45) is 0.321. The third-order valence-corrected chi connectivity index (χ3v) is 7.71. The number of phosphoric acid groups is 2. The van der Waals surface area contributed by atoms with E-state index in [4.69, 9.17) is 40.8 Å². The fraction of sp³-hybridized carbons (Fsp3) is 0.769. The minimum Gasteiger partial charge on any atom is -0.371 e. The van der Waals surface area contributed by atoms with E-state index >= 15 is 0 Å². The second kappa shape index (κ2) is 11.1. The van der Waals surface area contributed by atoms with Crippen LogP contribution in [0.3, 0.4) is 0 Å². The molecule has 178 valence electrons. The van der Waals surface area contributed by atoms with Gasteiger partial charge in [0, 0.05) is 12.1 Å². The second-order valence-electron chi connectivity index (χ2n) is 6.84. The van der Waals surface area contributed by atoms with Gasteiger partial charge in [-0.25, -0.2) is 13.4 Å². The zero-order valence-electron chi connectivity index (χ0n) is 16.5. The van der Waals surface area contributed by atoms with Crippen molar-refractivity contribution in [3.8, 4) is 0 Å². The van der Waals surface area contributed by atoms with Crippen LogP contribution in [-0.2, 0) is 27.0 Å². The third kappa shape index (κ3) is 8.75. The molecule has 15 nitrogen and oxygen atoms in total. The van der Waals surface area contributed by atoms with Crippen molar-refractivity contribution in [3.05, 3.63) is 0 Å². The van der Waals surface area contributed by atoms with Crippen molar-refractivity contribution >= 4 is 41.4 Å². The Morgan fingerprint density at radius 1 is 1.35 bits per heavy atom. The van der Waals surface area contributed by atoms with Gasteiger partial charge in [0.25, 0.3) is 0 Å². The van der Waals surface area contributed by atoms with Gasteiger partial charge in [-0.05, 0) is 26.2 Å². The van der Waals surface area contributed by atoms with Gasteiger partial charge in [-0.2, -0.15) is 4.31 Å². The van der Waals surface area contributed by atoms with Crippen LogP contribution in [0.5, 0.6) is 0 Å². The van der Waals surface area contributed by atoms with Crippen molar-refractivity contribution in [1.29, 1.82) is 5.41 Å². The standard InChI is InChI=1S/C13H26N5O10P3/c1-7(14)13-12(16)10(17-6-18-13)2-3-11-9(15)4-8(26-11)5-25-29(19)27-31(23,24)28-30(20,21)22/h7-9,11,16,19H,2-6,14-15H2,1H3,(H,23,24)(H2,20,21,22). The molecule has 0 bridgehead atoms. The van der Waals surface area contributed by atoms with Crippen LogP contribution in [-0.4, -0.2) is 74.3 Å². The molecule has 2 heterocycles. The van der Waals surface area contributed by atoms with E-state index in [0.29, 0.717) is 30.7 Å². The molecule has 2 rings (SSSR count). The molecular formula is C13H26N5O10P3. The Balaban J connectivity index is 1.77. The van der Waals surface area contributed by atoms with Crippen molar-refractivity contribution in [2.45, 2.75) is 50.5 Å². The minimum absolute atomic E-state index is 0.196. The molecule has 0 amide bonds. The molecule has 31 heavy (non-hydrogen) atoms. The van der Waals surface area contributed by atoms with Gasteiger partial charge in [0.15, 0.2) is 0 Å². The topological polar surface area (TPSA) is 253 Å². The van der Waals surface area contributed by atoms with Crippen LogP contribution in [0.25, 0.3) is 0 Å². The molecule has 0 aromatic carbocycles. The number of nitrogens with one attached hydrogen (secondary N) is 1. The van der Waals surface area contributed by atoms with Crippen LogP contribution in [0.2, 0.25) is 0 Å². The van der Waals surface area contributed by atoms with E-state index in [0.717, 1.165) is 0 Å². The maximum atomic E-state index is 11.4. The minimum atomic E-state index is -5.31. The number of nitrogens with zero attached hydrogens (tertiary/aromatic N) is 2. The summed E-state index contributed by atoms with van der Waals surface area (Å²) in [5.74, 6) is 0. The summed E-state index contributed by atoms with van der Waals surface area (Å²) in [4.78, 5) is 44.1. The molecule has 0 saturated carbocycles. The van der Waals surface area contributed by atoms with Gasteiger partial charge in [0.1, 0.15) is 6.67 Å². The van der Waals surface area contributed by atoms with E-state index in [2.05, 4.69) is 18.6 Å². The predicted octanol–water partition coefficient (Wildman–Crippen LogP) is -0.0664. The summed E-state index contributed by atoms with van der Waals surface area (Å²) in [7, 11) is -13.5. The first kappa shape index (κ1) is 26.7. The van der Waals surface area contributed by atoms with E-state index < -0.39 is 30.4 Å². The molecule has 0 spiro atoms. The fourth-order valence-corrected chi connectivity index (χ4v) is 5.67. The van der Waals surface area contributed by atoms with Gasteiger partial charge in [-0.15, -0.1) is 0 Å². The Labute approximate surface area is 179 Å². The zero-order valence-corrected chi connectivity index (χ0v) is 19.2. The van der Waals surface area contributed by atoms with Crippen LogP contribution >= 0.6 is 24.2 Å². The van der Waals surface area contributed by atoms with Crippen LogP contribution in [0, 0.1) is 5.41 Å². The average molecular weight is 505 g/mol. The van der Waals surface area contributed by atoms with E-state index in [-0.39, 0.29) is 37.2 Å². The SMILES string of the molecule is CC(N)C1=NCN=C(CCC2OC(COP(O)OP(=O)(O)OP(=O)(O)O)CC2N)C1=N. The van der Waals surface area contributed by atoms with Crippen molar-refractivity contribution < 1.29 is 46.6 Å². The molecule has 2 aliphatic heterocycles. The number of aliphatic imine (C=N–C) groups is 2. The highest BCUT2D eigenvalue weighted by Crippen LogP contribution is 2.63. The monoisotopic (exact) mass is 505 g/mol. The molecule has 6 unspecified atom stereocenters. The molecule has 0 radical (unpaired) electrons. The van der Waals surface area contributed by atoms with Gasteiger partial charge in [0.2, 0.25) is 0 Å². The smallest absolute Gasteiger partial charge is 0.371 e. The highest BCUT2D eigenvalue weighted by atomic mass is 31.3. The molecule has 2 aliphatic rings. The van der Waals surface area contributed by atoms with Crippen molar-refractivity contribution in [2.24, 2.45) is 21.5 Å². The normalized spacial score (nSPS) is 28.6. The summed E-state index contributed by atoms with van der Waals surface area (Å²) in [5, 5.41) is 8.16. The molecule has 6 atom stereocenters. The quantitative estimate of drug-likeness (QED) is 0.182. The highest BCUT2D eigenvalue weighted by Gasteiger charge is 2.37. The Morgan fingerprint density at radius 3 is 2.65 bits per heavy atom. The summed E-state index contributed by atoms with van der Waals surface area (Å²) in [6.45, 7) is 1.70. The predicted molar refractivity (Wildman–Crippen MR) is 111 cm³/mol. The van der Waals surface area contributed by atoms with Crippen molar-refractivity contribution in [3.63, 3.8) is 0 Å². The van der Waals surface area contributed by atoms with E-state index in [1.54, 1.807) is 6.92 Å². The fourth-order valence-electron chi connectivity index (χ4n) is 3.01. The lowest BCUT2D eigenvalue weighted by molar-refractivity contribution is 0.0107. The molecule has 1 fully saturated rings. The molecular weight excluding hydrogens is 479 g/mol. The average Bonchev–Trinajstić information content (AvgIpc) is 2.96. The Kier molecular flexibility index (Phi) is 9.56. The van der Waals surface area contributed by atoms with Gasteiger partial charge in [0.05, 0.1) is 35.9 Å². The lowest BCUT2D eigenvalue weighted by atomic mass is 9.97.